The van der Waals surface area contributed by atoms with E-state index < -0.39 is 0 Å². The number of nitriles is 1. The van der Waals surface area contributed by atoms with Crippen molar-refractivity contribution >= 4 is 28.4 Å². The van der Waals surface area contributed by atoms with Crippen LogP contribution < -0.4 is 29.7 Å². The molecular formula is C27H27N7O3. The second-order valence-corrected chi connectivity index (χ2v) is 8.41. The molecule has 4 aromatic rings. The van der Waals surface area contributed by atoms with Crippen molar-refractivity contribution in [3.63, 3.8) is 0 Å². The molecule has 0 bridgehead atoms. The van der Waals surface area contributed by atoms with Crippen molar-refractivity contribution < 1.29 is 14.2 Å². The Balaban J connectivity index is 1.42. The van der Waals surface area contributed by atoms with Gasteiger partial charge in [0.2, 0.25) is 5.88 Å². The van der Waals surface area contributed by atoms with Gasteiger partial charge >= 0.3 is 0 Å². The molecule has 3 heterocycles. The lowest BCUT2D eigenvalue weighted by Gasteiger charge is -2.30. The summed E-state index contributed by atoms with van der Waals surface area (Å²) < 4.78 is 16.7. The van der Waals surface area contributed by atoms with Crippen LogP contribution in [0.1, 0.15) is 11.1 Å². The van der Waals surface area contributed by atoms with E-state index >= 15 is 0 Å². The summed E-state index contributed by atoms with van der Waals surface area (Å²) in [6.45, 7) is 3.62. The zero-order valence-corrected chi connectivity index (χ0v) is 20.7. The minimum Gasteiger partial charge on any atom is -0.493 e. The first-order chi connectivity index (χ1) is 18.2. The first-order valence-electron chi connectivity index (χ1n) is 11.9. The maximum absolute atomic E-state index is 9.57. The summed E-state index contributed by atoms with van der Waals surface area (Å²) in [5, 5.41) is 16.3. The van der Waals surface area contributed by atoms with Gasteiger partial charge in [-0.05, 0) is 30.3 Å². The van der Waals surface area contributed by atoms with Gasteiger partial charge < -0.3 is 29.7 Å². The zero-order chi connectivity index (χ0) is 25.6. The number of benzene rings is 2. The van der Waals surface area contributed by atoms with Gasteiger partial charge in [-0.3, -0.25) is 0 Å². The molecular weight excluding hydrogens is 470 g/mol. The maximum atomic E-state index is 9.57. The van der Waals surface area contributed by atoms with Gasteiger partial charge in [0.1, 0.15) is 18.2 Å². The number of hydrogen-bond donors (Lipinski definition) is 2. The number of piperazine rings is 1. The number of pyridine rings is 1. The Bertz CT molecular complexity index is 1430. The topological polar surface area (TPSA) is 117 Å². The van der Waals surface area contributed by atoms with Crippen LogP contribution in [0.3, 0.4) is 0 Å². The smallest absolute Gasteiger partial charge is 0.212 e. The Morgan fingerprint density at radius 1 is 1.03 bits per heavy atom. The second kappa shape index (κ2) is 11.0. The molecule has 2 aromatic heterocycles. The largest absolute Gasteiger partial charge is 0.493 e. The average molecular weight is 498 g/mol. The number of nitrogens with one attached hydrogen (secondary N) is 2. The van der Waals surface area contributed by atoms with E-state index in [1.54, 1.807) is 32.5 Å². The van der Waals surface area contributed by atoms with Crippen LogP contribution in [0, 0.1) is 11.3 Å². The average Bonchev–Trinajstić information content (AvgIpc) is 2.96. The highest BCUT2D eigenvalue weighted by molar-refractivity contribution is 5.86. The first kappa shape index (κ1) is 24.1. The molecule has 0 aliphatic carbocycles. The van der Waals surface area contributed by atoms with Crippen molar-refractivity contribution in [2.24, 2.45) is 0 Å². The molecule has 1 saturated heterocycles. The highest BCUT2D eigenvalue weighted by Crippen LogP contribution is 2.34. The van der Waals surface area contributed by atoms with Gasteiger partial charge in [0.15, 0.2) is 23.1 Å². The van der Waals surface area contributed by atoms with Crippen molar-refractivity contribution in [2.75, 3.05) is 50.6 Å². The molecule has 0 unspecified atom stereocenters. The lowest BCUT2D eigenvalue weighted by molar-refractivity contribution is 0.284. The highest BCUT2D eigenvalue weighted by atomic mass is 16.5. The number of nitrogens with zero attached hydrogens (tertiary/aromatic N) is 5. The van der Waals surface area contributed by atoms with Crippen molar-refractivity contribution in [1.29, 1.82) is 5.26 Å². The van der Waals surface area contributed by atoms with Crippen molar-refractivity contribution in [1.82, 2.24) is 20.3 Å². The van der Waals surface area contributed by atoms with Crippen LogP contribution in [-0.4, -0.2) is 55.4 Å². The molecule has 0 spiro atoms. The number of anilines is 3. The zero-order valence-electron chi connectivity index (χ0n) is 20.7. The van der Waals surface area contributed by atoms with E-state index in [0.717, 1.165) is 37.4 Å². The summed E-state index contributed by atoms with van der Waals surface area (Å²) >= 11 is 0. The Morgan fingerprint density at radius 3 is 2.62 bits per heavy atom. The number of hydrogen-bond acceptors (Lipinski definition) is 10. The summed E-state index contributed by atoms with van der Waals surface area (Å²) in [6, 6.07) is 17.0. The van der Waals surface area contributed by atoms with E-state index in [1.165, 1.54) is 0 Å². The van der Waals surface area contributed by atoms with Crippen LogP contribution in [0.25, 0.3) is 11.0 Å². The third-order valence-electron chi connectivity index (χ3n) is 6.04. The summed E-state index contributed by atoms with van der Waals surface area (Å²) in [5.74, 6) is 3.07. The Hall–Kier alpha value is -4.62. The van der Waals surface area contributed by atoms with Gasteiger partial charge in [-0.2, -0.15) is 5.26 Å². The molecule has 1 fully saturated rings. The monoisotopic (exact) mass is 497 g/mol. The Labute approximate surface area is 214 Å². The first-order valence-corrected chi connectivity index (χ1v) is 11.9. The normalized spacial score (nSPS) is 13.2. The predicted molar refractivity (Wildman–Crippen MR) is 141 cm³/mol. The molecule has 1 aliphatic heterocycles. The Morgan fingerprint density at radius 2 is 1.89 bits per heavy atom. The highest BCUT2D eigenvalue weighted by Gasteiger charge is 2.20. The fourth-order valence-corrected chi connectivity index (χ4v) is 4.12. The van der Waals surface area contributed by atoms with Crippen molar-refractivity contribution in [3.05, 3.63) is 65.9 Å². The van der Waals surface area contributed by atoms with E-state index in [1.807, 2.05) is 36.4 Å². The van der Waals surface area contributed by atoms with Crippen LogP contribution in [0.15, 0.2) is 54.7 Å². The lowest BCUT2D eigenvalue weighted by Crippen LogP contribution is -2.44. The molecule has 0 radical (unpaired) electrons. The van der Waals surface area contributed by atoms with Gasteiger partial charge in [-0.15, -0.1) is 0 Å². The molecule has 1 aliphatic rings. The fourth-order valence-electron chi connectivity index (χ4n) is 4.12. The molecule has 5 rings (SSSR count). The number of rotatable bonds is 8. The fraction of sp³-hybridized carbons (Fsp3) is 0.259. The molecule has 2 N–H and O–H groups in total. The third kappa shape index (κ3) is 5.32. The van der Waals surface area contributed by atoms with E-state index in [0.29, 0.717) is 52.2 Å². The van der Waals surface area contributed by atoms with Crippen LogP contribution in [-0.2, 0) is 6.61 Å². The second-order valence-electron chi connectivity index (χ2n) is 8.41. The maximum Gasteiger partial charge on any atom is 0.212 e. The SMILES string of the molecule is COc1ccc(COc2ccc(Nc3nc4cccc(C#N)c4nc3N3CCNCC3)cc2OC)cn1. The minimum atomic E-state index is 0.338. The quantitative estimate of drug-likeness (QED) is 0.373. The Kier molecular flexibility index (Phi) is 7.14. The van der Waals surface area contributed by atoms with E-state index in [-0.39, 0.29) is 0 Å². The molecule has 0 amide bonds. The minimum absolute atomic E-state index is 0.338. The van der Waals surface area contributed by atoms with Gasteiger partial charge in [-0.25, -0.2) is 15.0 Å². The van der Waals surface area contributed by atoms with Gasteiger partial charge in [-0.1, -0.05) is 6.07 Å². The molecule has 0 saturated carbocycles. The number of methoxy groups -OCH3 is 2. The number of para-hydroxylation sites is 1. The number of fused-ring (bicyclic) bond motifs is 1. The summed E-state index contributed by atoms with van der Waals surface area (Å²) in [4.78, 5) is 16.1. The molecule has 188 valence electrons. The third-order valence-corrected chi connectivity index (χ3v) is 6.04. The van der Waals surface area contributed by atoms with Gasteiger partial charge in [0.05, 0.1) is 25.3 Å². The van der Waals surface area contributed by atoms with Crippen LogP contribution in [0.5, 0.6) is 17.4 Å². The summed E-state index contributed by atoms with van der Waals surface area (Å²) in [7, 11) is 3.19. The van der Waals surface area contributed by atoms with Gasteiger partial charge in [0, 0.05) is 55.8 Å². The van der Waals surface area contributed by atoms with Crippen LogP contribution in [0.2, 0.25) is 0 Å². The molecule has 10 heteroatoms. The van der Waals surface area contributed by atoms with E-state index in [4.69, 9.17) is 24.2 Å². The molecule has 37 heavy (non-hydrogen) atoms. The summed E-state index contributed by atoms with van der Waals surface area (Å²) in [6.07, 6.45) is 1.72. The van der Waals surface area contributed by atoms with Crippen LogP contribution >= 0.6 is 0 Å². The van der Waals surface area contributed by atoms with E-state index in [2.05, 4.69) is 26.6 Å². The number of aromatic nitrogens is 3. The number of ether oxygens (including phenoxy) is 3. The molecule has 0 atom stereocenters. The standard InChI is InChI=1S/C27H27N7O3/c1-35-23-14-20(7-8-22(23)37-17-18-6-9-24(36-2)30-16-18)31-26-27(34-12-10-29-11-13-34)33-25-19(15-28)4-3-5-21(25)32-26/h3-9,14,16,29H,10-13,17H2,1-2H3,(H,31,32). The van der Waals surface area contributed by atoms with Crippen LogP contribution in [0.4, 0.5) is 17.3 Å². The van der Waals surface area contributed by atoms with Crippen molar-refractivity contribution in [2.45, 2.75) is 6.61 Å². The molecule has 2 aromatic carbocycles. The van der Waals surface area contributed by atoms with E-state index in [9.17, 15) is 5.26 Å². The predicted octanol–water partition coefficient (Wildman–Crippen LogP) is 3.65. The van der Waals surface area contributed by atoms with Crippen molar-refractivity contribution in [3.8, 4) is 23.4 Å². The molecule has 10 nitrogen and oxygen atoms in total. The van der Waals surface area contributed by atoms with Gasteiger partial charge in [0.25, 0.3) is 0 Å². The lowest BCUT2D eigenvalue weighted by atomic mass is 10.2. The summed E-state index contributed by atoms with van der Waals surface area (Å²) in [5.41, 5.74) is 3.44.